The van der Waals surface area contributed by atoms with Gasteiger partial charge in [-0.05, 0) is 53.0 Å². The predicted molar refractivity (Wildman–Crippen MR) is 204 cm³/mol. The van der Waals surface area contributed by atoms with Crippen LogP contribution in [0.15, 0.2) is 18.5 Å². The van der Waals surface area contributed by atoms with E-state index in [0.29, 0.717) is 17.8 Å². The number of halogens is 1. The number of amides is 1. The molecule has 0 spiro atoms. The number of Topliss-reactive ketones (excluding diaryl/α,β-unsaturated/α-hetero) is 2. The molecule has 3 saturated heterocycles. The van der Waals surface area contributed by atoms with Gasteiger partial charge in [0.25, 0.3) is 5.67 Å². The van der Waals surface area contributed by atoms with Gasteiger partial charge in [0.15, 0.2) is 17.7 Å². The second-order valence-corrected chi connectivity index (χ2v) is 16.1. The highest BCUT2D eigenvalue weighted by Crippen LogP contribution is 2.43. The highest BCUT2D eigenvalue weighted by Gasteiger charge is 2.61. The summed E-state index contributed by atoms with van der Waals surface area (Å²) in [5.41, 5.74) is 6.35. The fourth-order valence-corrected chi connectivity index (χ4v) is 8.48. The first-order chi connectivity index (χ1) is 27.2. The van der Waals surface area contributed by atoms with Gasteiger partial charge in [-0.1, -0.05) is 44.7 Å². The molecule has 0 bridgehead atoms. The number of rotatable bonds is 7. The number of cyclic esters (lactones) is 1. The van der Waals surface area contributed by atoms with Crippen molar-refractivity contribution in [2.45, 2.75) is 141 Å². The van der Waals surface area contributed by atoms with Gasteiger partial charge in [-0.2, -0.15) is 0 Å². The third kappa shape index (κ3) is 8.71. The summed E-state index contributed by atoms with van der Waals surface area (Å²) in [5.74, 6) is -0.231. The van der Waals surface area contributed by atoms with Gasteiger partial charge in [-0.3, -0.25) is 14.5 Å². The first-order valence-corrected chi connectivity index (χ1v) is 19.4. The number of alkyl halides is 1. The maximum absolute atomic E-state index is 16.8. The molecule has 318 valence electrons. The van der Waals surface area contributed by atoms with Crippen molar-refractivity contribution in [1.29, 1.82) is 0 Å². The first kappa shape index (κ1) is 44.5. The summed E-state index contributed by atoms with van der Waals surface area (Å²) in [7, 11) is 1.35. The summed E-state index contributed by atoms with van der Waals surface area (Å²) >= 11 is 0. The van der Waals surface area contributed by atoms with Crippen LogP contribution in [0.25, 0.3) is 11.4 Å². The lowest BCUT2D eigenvalue weighted by molar-refractivity contribution is -0.288. The Kier molecular flexibility index (Phi) is 13.3. The summed E-state index contributed by atoms with van der Waals surface area (Å²) in [6, 6.07) is -0.169. The Hall–Kier alpha value is -4.61. The number of carbonyl (C=O) groups excluding carboxylic acids is 4. The molecule has 13 atom stereocenters. The minimum atomic E-state index is -3.23. The van der Waals surface area contributed by atoms with E-state index in [9.17, 15) is 24.3 Å². The number of nitrogens with zero attached hydrogens (tertiary/aromatic N) is 6. The largest absolute Gasteiger partial charge is 0.455 e. The van der Waals surface area contributed by atoms with Crippen molar-refractivity contribution in [2.75, 3.05) is 19.4 Å². The minimum Gasteiger partial charge on any atom is -0.455 e. The zero-order valence-electron chi connectivity index (χ0n) is 34.4. The van der Waals surface area contributed by atoms with E-state index in [2.05, 4.69) is 32.1 Å². The minimum absolute atomic E-state index is 0.0251. The average Bonchev–Trinajstić information content (AvgIpc) is 3.75. The number of anilines is 1. The Morgan fingerprint density at radius 2 is 1.76 bits per heavy atom. The van der Waals surface area contributed by atoms with E-state index in [0.717, 1.165) is 6.92 Å². The van der Waals surface area contributed by atoms with Crippen molar-refractivity contribution in [3.05, 3.63) is 18.5 Å². The Balaban J connectivity index is 1.49. The average molecular weight is 815 g/mol. The van der Waals surface area contributed by atoms with Crippen molar-refractivity contribution >= 4 is 29.6 Å². The summed E-state index contributed by atoms with van der Waals surface area (Å²) in [6.45, 7) is 11.9. The number of ketones is 2. The van der Waals surface area contributed by atoms with E-state index >= 15 is 4.39 Å². The third-order valence-electron chi connectivity index (χ3n) is 11.7. The van der Waals surface area contributed by atoms with Crippen molar-refractivity contribution in [3.63, 3.8) is 0 Å². The molecule has 5 heterocycles. The van der Waals surface area contributed by atoms with Gasteiger partial charge < -0.3 is 40.3 Å². The Bertz CT molecular complexity index is 1920. The van der Waals surface area contributed by atoms with Gasteiger partial charge >= 0.3 is 12.1 Å². The van der Waals surface area contributed by atoms with E-state index in [1.165, 1.54) is 36.7 Å². The molecule has 3 fully saturated rings. The number of methoxy groups -OCH3 is 1. The number of esters is 1. The van der Waals surface area contributed by atoms with Gasteiger partial charge in [-0.15, -0.1) is 5.10 Å². The summed E-state index contributed by atoms with van der Waals surface area (Å²) in [6.07, 6.45) is -3.19. The molecule has 2 aromatic heterocycles. The highest BCUT2D eigenvalue weighted by atomic mass is 19.1. The third-order valence-corrected chi connectivity index (χ3v) is 11.7. The quantitative estimate of drug-likeness (QED) is 0.206. The zero-order chi connectivity index (χ0) is 42.9. The molecule has 1 amide bonds. The van der Waals surface area contributed by atoms with Gasteiger partial charge in [0.1, 0.15) is 30.2 Å². The fourth-order valence-electron chi connectivity index (χ4n) is 8.48. The second-order valence-electron chi connectivity index (χ2n) is 16.1. The Morgan fingerprint density at radius 1 is 1.07 bits per heavy atom. The van der Waals surface area contributed by atoms with Crippen molar-refractivity contribution in [3.8, 4) is 23.2 Å². The molecule has 2 unspecified atom stereocenters. The standard InChI is InChI=1S/C39H55FN8O10/c1-10-27-39(8)30(48(36(53)58-39)16-12-11-15-47-19-26(45-46-47)25-13-14-43-35(42)44-25)22(4)28(49)20(2)18-37(6,54-9)32(23(5)31(51)38(7,40)34(52)56-27)57-33-29(50)24(41)17-21(3)55-33/h13-14,19-24,27,29-30,32-33,50H,10,15-18,41H2,1-9H3,(H2,42,43,44)/t20-,21-,22+,23+,24?,27-,29?,30-,32-,33+,37-,38+,39-/m1/s1. The lowest BCUT2D eigenvalue weighted by atomic mass is 9.73. The molecule has 0 radical (unpaired) electrons. The van der Waals surface area contributed by atoms with E-state index in [-0.39, 0.29) is 37.7 Å². The van der Waals surface area contributed by atoms with Crippen LogP contribution in [0.2, 0.25) is 0 Å². The van der Waals surface area contributed by atoms with Crippen molar-refractivity contribution < 1.29 is 52.4 Å². The number of aliphatic hydroxyl groups excluding tert-OH is 1. The SMILES string of the molecule is CC[C@H]1OC(=O)[C@@](C)(F)C(=O)[C@H](C)[C@@H](O[C@@H]2O[C@H](C)CC(N)C2O)[C@](C)(OC)C[C@@H](C)C(=O)[C@H](C)[C@H]2N(CC#CCn3cc(-c4ccnc(N)n4)nn3)C(=O)O[C@]12C. The normalized spacial score (nSPS) is 37.6. The Labute approximate surface area is 336 Å². The highest BCUT2D eigenvalue weighted by molar-refractivity contribution is 6.08. The van der Waals surface area contributed by atoms with Crippen LogP contribution in [0.4, 0.5) is 15.1 Å². The second kappa shape index (κ2) is 17.3. The van der Waals surface area contributed by atoms with Crippen LogP contribution in [0.3, 0.4) is 0 Å². The molecule has 58 heavy (non-hydrogen) atoms. The van der Waals surface area contributed by atoms with Gasteiger partial charge in [-0.25, -0.2) is 28.6 Å². The fraction of sp³-hybridized carbons (Fsp3) is 0.692. The molecule has 3 aliphatic rings. The first-order valence-electron chi connectivity index (χ1n) is 19.4. The summed E-state index contributed by atoms with van der Waals surface area (Å²) in [5, 5.41) is 19.1. The number of aromatic nitrogens is 5. The molecule has 5 rings (SSSR count). The van der Waals surface area contributed by atoms with Crippen LogP contribution in [0.1, 0.15) is 74.7 Å². The van der Waals surface area contributed by atoms with E-state index in [4.69, 9.17) is 35.2 Å². The van der Waals surface area contributed by atoms with E-state index < -0.39 is 95.3 Å². The molecule has 2 aromatic rings. The molecule has 3 aliphatic heterocycles. The summed E-state index contributed by atoms with van der Waals surface area (Å²) < 4.78 is 48.1. The number of carbonyl (C=O) groups is 4. The molecular weight excluding hydrogens is 759 g/mol. The molecule has 18 nitrogen and oxygen atoms in total. The number of hydrogen-bond donors (Lipinski definition) is 3. The number of nitrogens with two attached hydrogens (primary N) is 2. The summed E-state index contributed by atoms with van der Waals surface area (Å²) in [4.78, 5) is 65.5. The van der Waals surface area contributed by atoms with Crippen molar-refractivity contribution in [1.82, 2.24) is 29.9 Å². The number of nitrogen functional groups attached to an aromatic ring is 1. The monoisotopic (exact) mass is 814 g/mol. The number of aliphatic hydroxyl groups is 1. The van der Waals surface area contributed by atoms with Crippen LogP contribution in [-0.4, -0.2) is 132 Å². The maximum Gasteiger partial charge on any atom is 0.411 e. The van der Waals surface area contributed by atoms with Gasteiger partial charge in [0.05, 0.1) is 42.3 Å². The van der Waals surface area contributed by atoms with E-state index in [1.807, 2.05) is 0 Å². The predicted octanol–water partition coefficient (Wildman–Crippen LogP) is 2.01. The molecular formula is C39H55FN8O10. The van der Waals surface area contributed by atoms with Crippen LogP contribution in [-0.2, 0) is 44.6 Å². The molecule has 0 aromatic carbocycles. The molecule has 5 N–H and O–H groups in total. The molecule has 0 saturated carbocycles. The smallest absolute Gasteiger partial charge is 0.411 e. The van der Waals surface area contributed by atoms with E-state index in [1.54, 1.807) is 46.9 Å². The lowest BCUT2D eigenvalue weighted by Crippen LogP contribution is -2.61. The van der Waals surface area contributed by atoms with Crippen molar-refractivity contribution in [2.24, 2.45) is 23.5 Å². The van der Waals surface area contributed by atoms with Gasteiger partial charge in [0, 0.05) is 37.1 Å². The maximum atomic E-state index is 16.8. The van der Waals surface area contributed by atoms with Gasteiger partial charge in [0.2, 0.25) is 5.95 Å². The van der Waals surface area contributed by atoms with Crippen LogP contribution in [0.5, 0.6) is 0 Å². The topological polar surface area (TPSA) is 246 Å². The van der Waals surface area contributed by atoms with Crippen LogP contribution >= 0.6 is 0 Å². The molecule has 19 heteroatoms. The zero-order valence-corrected chi connectivity index (χ0v) is 34.4. The molecule has 0 aliphatic carbocycles. The van der Waals surface area contributed by atoms with Crippen LogP contribution in [0, 0.1) is 29.6 Å². The van der Waals surface area contributed by atoms with Crippen LogP contribution < -0.4 is 11.5 Å². The Morgan fingerprint density at radius 3 is 2.41 bits per heavy atom. The number of hydrogen-bond acceptors (Lipinski definition) is 16. The lowest BCUT2D eigenvalue weighted by Gasteiger charge is -2.46. The number of ether oxygens (including phenoxy) is 5. The number of fused-ring (bicyclic) bond motifs is 1.